The van der Waals surface area contributed by atoms with Gasteiger partial charge in [-0.3, -0.25) is 24.6 Å². The predicted molar refractivity (Wildman–Crippen MR) is 139 cm³/mol. The fourth-order valence-corrected chi connectivity index (χ4v) is 3.89. The second-order valence-corrected chi connectivity index (χ2v) is 8.40. The summed E-state index contributed by atoms with van der Waals surface area (Å²) in [5, 5.41) is 0. The van der Waals surface area contributed by atoms with Crippen LogP contribution in [0.5, 0.6) is 11.5 Å². The van der Waals surface area contributed by atoms with Crippen molar-refractivity contribution in [3.8, 4) is 11.5 Å². The van der Waals surface area contributed by atoms with Crippen molar-refractivity contribution in [1.29, 1.82) is 0 Å². The molecule has 1 fully saturated rings. The van der Waals surface area contributed by atoms with Crippen LogP contribution in [0.1, 0.15) is 37.5 Å². The van der Waals surface area contributed by atoms with E-state index in [1.807, 2.05) is 0 Å². The summed E-state index contributed by atoms with van der Waals surface area (Å²) >= 11 is 0. The Morgan fingerprint density at radius 2 is 1.51 bits per heavy atom. The van der Waals surface area contributed by atoms with E-state index in [1.165, 1.54) is 50.6 Å². The van der Waals surface area contributed by atoms with E-state index in [4.69, 9.17) is 14.2 Å². The average molecular weight is 532 g/mol. The predicted octanol–water partition coefficient (Wildman–Crippen LogP) is 2.31. The van der Waals surface area contributed by atoms with E-state index in [0.29, 0.717) is 17.1 Å². The van der Waals surface area contributed by atoms with E-state index in [0.717, 1.165) is 4.90 Å². The molecular formula is C28H25N3O8. The van der Waals surface area contributed by atoms with Crippen LogP contribution in [0.2, 0.25) is 0 Å². The van der Waals surface area contributed by atoms with Gasteiger partial charge in [0.2, 0.25) is 5.91 Å². The molecule has 39 heavy (non-hydrogen) atoms. The van der Waals surface area contributed by atoms with Crippen LogP contribution in [-0.2, 0) is 14.3 Å². The van der Waals surface area contributed by atoms with Gasteiger partial charge in [-0.25, -0.2) is 15.1 Å². The summed E-state index contributed by atoms with van der Waals surface area (Å²) in [4.78, 5) is 63.5. The quantitative estimate of drug-likeness (QED) is 0.175. The van der Waals surface area contributed by atoms with Crippen LogP contribution in [0.3, 0.4) is 0 Å². The number of methoxy groups -OCH3 is 2. The highest BCUT2D eigenvalue weighted by atomic mass is 16.5. The molecule has 3 amide bonds. The number of anilines is 1. The second-order valence-electron chi connectivity index (χ2n) is 8.40. The first kappa shape index (κ1) is 27.0. The Morgan fingerprint density at radius 3 is 2.18 bits per heavy atom. The minimum atomic E-state index is -0.991. The van der Waals surface area contributed by atoms with E-state index in [1.54, 1.807) is 36.4 Å². The third-order valence-electron chi connectivity index (χ3n) is 5.94. The van der Waals surface area contributed by atoms with Crippen molar-refractivity contribution in [2.24, 2.45) is 0 Å². The van der Waals surface area contributed by atoms with Crippen molar-refractivity contribution in [1.82, 2.24) is 10.9 Å². The number of rotatable bonds is 10. The molecule has 11 nitrogen and oxygen atoms in total. The van der Waals surface area contributed by atoms with Crippen LogP contribution < -0.4 is 25.2 Å². The Kier molecular flexibility index (Phi) is 8.32. The molecule has 11 heteroatoms. The lowest BCUT2D eigenvalue weighted by Crippen LogP contribution is -2.48. The van der Waals surface area contributed by atoms with E-state index in [2.05, 4.69) is 10.9 Å². The molecule has 0 aromatic heterocycles. The fraction of sp³-hybridized carbons (Fsp3) is 0.179. The molecule has 4 rings (SSSR count). The number of esters is 1. The molecule has 1 aliphatic heterocycles. The summed E-state index contributed by atoms with van der Waals surface area (Å²) in [6.45, 7) is -0.421. The molecular weight excluding hydrogens is 506 g/mol. The van der Waals surface area contributed by atoms with Gasteiger partial charge in [0.1, 0.15) is 6.04 Å². The highest BCUT2D eigenvalue weighted by molar-refractivity contribution is 6.22. The van der Waals surface area contributed by atoms with Crippen molar-refractivity contribution in [2.45, 2.75) is 12.5 Å². The molecule has 3 aromatic carbocycles. The largest absolute Gasteiger partial charge is 0.493 e. The van der Waals surface area contributed by atoms with Gasteiger partial charge in [-0.2, -0.15) is 0 Å². The number of ether oxygens (including phenoxy) is 3. The minimum Gasteiger partial charge on any atom is -0.493 e. The van der Waals surface area contributed by atoms with Crippen LogP contribution in [0.15, 0.2) is 72.8 Å². The maximum atomic E-state index is 12.9. The van der Waals surface area contributed by atoms with Gasteiger partial charge in [-0.1, -0.05) is 30.3 Å². The van der Waals surface area contributed by atoms with Gasteiger partial charge in [0.15, 0.2) is 23.9 Å². The van der Waals surface area contributed by atoms with E-state index in [-0.39, 0.29) is 29.0 Å². The summed E-state index contributed by atoms with van der Waals surface area (Å²) in [5.41, 5.74) is 6.12. The smallest absolute Gasteiger partial charge is 0.338 e. The minimum absolute atomic E-state index is 0.149. The maximum Gasteiger partial charge on any atom is 0.338 e. The molecule has 1 saturated heterocycles. The normalized spacial score (nSPS) is 14.6. The summed E-state index contributed by atoms with van der Waals surface area (Å²) in [6, 6.07) is 17.7. The number of Topliss-reactive ketones (excluding diaryl/α,β-unsaturated/α-hetero) is 1. The Balaban J connectivity index is 1.34. The lowest BCUT2D eigenvalue weighted by molar-refractivity contribution is -0.121. The molecule has 1 heterocycles. The number of hydrazine groups is 1. The highest BCUT2D eigenvalue weighted by Crippen LogP contribution is 2.27. The lowest BCUT2D eigenvalue weighted by Gasteiger charge is -2.16. The summed E-state index contributed by atoms with van der Waals surface area (Å²) in [5.74, 6) is -1.85. The van der Waals surface area contributed by atoms with Gasteiger partial charge in [-0.05, 0) is 42.5 Å². The maximum absolute atomic E-state index is 12.9. The first-order valence-electron chi connectivity index (χ1n) is 11.8. The Hall–Kier alpha value is -5.03. The first-order chi connectivity index (χ1) is 18.8. The standard InChI is InChI=1S/C28H25N3O8/c1-37-23-13-10-19(14-24(23)38-2)26(34)30-29-21-15-25(33)31(27(21)35)20-11-8-18(9-12-20)28(36)39-16-22(32)17-6-4-3-5-7-17/h3-14,21,29H,15-16H2,1-2H3,(H,30,34). The zero-order chi connectivity index (χ0) is 27.9. The van der Waals surface area contributed by atoms with Crippen molar-refractivity contribution in [3.05, 3.63) is 89.5 Å². The zero-order valence-electron chi connectivity index (χ0n) is 21.1. The number of amides is 3. The highest BCUT2D eigenvalue weighted by Gasteiger charge is 2.39. The van der Waals surface area contributed by atoms with E-state index in [9.17, 15) is 24.0 Å². The number of nitrogens with zero attached hydrogens (tertiary/aromatic N) is 1. The molecule has 0 saturated carbocycles. The summed E-state index contributed by atoms with van der Waals surface area (Å²) < 4.78 is 15.4. The third-order valence-corrected chi connectivity index (χ3v) is 5.94. The van der Waals surface area contributed by atoms with Crippen molar-refractivity contribution in [3.63, 3.8) is 0 Å². The summed E-state index contributed by atoms with van der Waals surface area (Å²) in [7, 11) is 2.92. The third kappa shape index (κ3) is 6.11. The van der Waals surface area contributed by atoms with Crippen LogP contribution in [0.25, 0.3) is 0 Å². The number of ketones is 1. The molecule has 200 valence electrons. The molecule has 0 radical (unpaired) electrons. The van der Waals surface area contributed by atoms with Crippen LogP contribution in [0.4, 0.5) is 5.69 Å². The number of hydrogen-bond donors (Lipinski definition) is 2. The molecule has 1 aliphatic rings. The summed E-state index contributed by atoms with van der Waals surface area (Å²) in [6.07, 6.45) is -0.184. The number of hydrogen-bond acceptors (Lipinski definition) is 9. The van der Waals surface area contributed by atoms with Crippen LogP contribution >= 0.6 is 0 Å². The second kappa shape index (κ2) is 12.0. The topological polar surface area (TPSA) is 140 Å². The molecule has 0 aliphatic carbocycles. The number of imide groups is 1. The van der Waals surface area contributed by atoms with Gasteiger partial charge < -0.3 is 14.2 Å². The van der Waals surface area contributed by atoms with Crippen molar-refractivity contribution >= 4 is 35.2 Å². The monoisotopic (exact) mass is 531 g/mol. The van der Waals surface area contributed by atoms with Gasteiger partial charge in [0.25, 0.3) is 11.8 Å². The number of benzene rings is 3. The van der Waals surface area contributed by atoms with Gasteiger partial charge >= 0.3 is 5.97 Å². The Morgan fingerprint density at radius 1 is 0.846 bits per heavy atom. The van der Waals surface area contributed by atoms with Crippen LogP contribution in [0, 0.1) is 0 Å². The molecule has 1 atom stereocenters. The van der Waals surface area contributed by atoms with E-state index >= 15 is 0 Å². The van der Waals surface area contributed by atoms with Crippen molar-refractivity contribution in [2.75, 3.05) is 25.7 Å². The Bertz CT molecular complexity index is 1410. The SMILES string of the molecule is COc1ccc(C(=O)NNC2CC(=O)N(c3ccc(C(=O)OCC(=O)c4ccccc4)cc3)C2=O)cc1OC. The molecule has 0 spiro atoms. The lowest BCUT2D eigenvalue weighted by atomic mass is 10.1. The Labute approximate surface area is 223 Å². The molecule has 0 bridgehead atoms. The fourth-order valence-electron chi connectivity index (χ4n) is 3.89. The van der Waals surface area contributed by atoms with E-state index < -0.39 is 36.3 Å². The number of carbonyl (C=O) groups is 5. The first-order valence-corrected chi connectivity index (χ1v) is 11.8. The molecule has 3 aromatic rings. The van der Waals surface area contributed by atoms with Gasteiger partial charge in [0.05, 0.1) is 31.9 Å². The van der Waals surface area contributed by atoms with Crippen molar-refractivity contribution < 1.29 is 38.2 Å². The van der Waals surface area contributed by atoms with Crippen LogP contribution in [-0.4, -0.2) is 56.3 Å². The average Bonchev–Trinajstić information content (AvgIpc) is 3.26. The van der Waals surface area contributed by atoms with Gasteiger partial charge in [-0.15, -0.1) is 0 Å². The molecule has 2 N–H and O–H groups in total. The van der Waals surface area contributed by atoms with Gasteiger partial charge in [0, 0.05) is 11.1 Å². The zero-order valence-corrected chi connectivity index (χ0v) is 21.1. The number of carbonyl (C=O) groups excluding carboxylic acids is 5. The molecule has 1 unspecified atom stereocenters. The number of nitrogens with one attached hydrogen (secondary N) is 2.